The molecule has 49 heavy (non-hydrogen) atoms. The molecule has 2 aromatic carbocycles. The number of benzene rings is 2. The fourth-order valence-electron chi connectivity index (χ4n) is 7.41. The minimum Gasteiger partial charge on any atom is -0.493 e. The third kappa shape index (κ3) is 8.15. The number of carbonyl (C=O) groups is 2. The van der Waals surface area contributed by atoms with Crippen molar-refractivity contribution in [3.05, 3.63) is 57.4 Å². The molecule has 2 saturated heterocycles. The standard InChI is InChI=1S/C38H51N3O8/c1-7-27-13-9-11-17-40(27)23-29(48-36(42)25-19-33(45-4)35(47-6)34(20-25)46-5)22-31-24(3)30-16-15-26(21-32(30)49-37(31)43)39-38(44)41-18-12-10-14-28(41)8-2/h15-16,19-21,27-29H,7-14,17-18,22-23H2,1-6H3,(H,39,44). The Morgan fingerprint density at radius 1 is 0.918 bits per heavy atom. The van der Waals surface area contributed by atoms with Crippen LogP contribution >= 0.6 is 0 Å². The number of nitrogens with one attached hydrogen (secondary N) is 1. The Labute approximate surface area is 288 Å². The van der Waals surface area contributed by atoms with Gasteiger partial charge in [0.25, 0.3) is 0 Å². The summed E-state index contributed by atoms with van der Waals surface area (Å²) in [7, 11) is 4.49. The molecule has 0 saturated carbocycles. The van der Waals surface area contributed by atoms with E-state index in [0.717, 1.165) is 75.4 Å². The topological polar surface area (TPSA) is 120 Å². The summed E-state index contributed by atoms with van der Waals surface area (Å²) >= 11 is 0. The highest BCUT2D eigenvalue weighted by Crippen LogP contribution is 2.38. The third-order valence-corrected chi connectivity index (χ3v) is 10.2. The molecule has 3 aromatic rings. The lowest BCUT2D eigenvalue weighted by Gasteiger charge is -2.37. The molecule has 0 spiro atoms. The maximum absolute atomic E-state index is 13.7. The van der Waals surface area contributed by atoms with E-state index >= 15 is 0 Å². The first-order valence-corrected chi connectivity index (χ1v) is 17.6. The fraction of sp³-hybridized carbons (Fsp3) is 0.553. The van der Waals surface area contributed by atoms with Gasteiger partial charge in [0.1, 0.15) is 11.7 Å². The van der Waals surface area contributed by atoms with Gasteiger partial charge < -0.3 is 33.6 Å². The first-order chi connectivity index (χ1) is 23.7. The van der Waals surface area contributed by atoms with E-state index in [1.54, 1.807) is 18.2 Å². The Kier molecular flexibility index (Phi) is 12.1. The Balaban J connectivity index is 1.42. The molecule has 3 unspecified atom stereocenters. The zero-order chi connectivity index (χ0) is 35.1. The lowest BCUT2D eigenvalue weighted by atomic mass is 9.97. The molecule has 11 heteroatoms. The molecule has 0 bridgehead atoms. The number of urea groups is 1. The summed E-state index contributed by atoms with van der Waals surface area (Å²) in [6, 6.07) is 9.01. The molecule has 2 aliphatic rings. The van der Waals surface area contributed by atoms with E-state index in [2.05, 4.69) is 24.1 Å². The second kappa shape index (κ2) is 16.4. The lowest BCUT2D eigenvalue weighted by molar-refractivity contribution is 0.0105. The van der Waals surface area contributed by atoms with Crippen molar-refractivity contribution in [2.75, 3.05) is 46.3 Å². The zero-order valence-corrected chi connectivity index (χ0v) is 29.8. The molecule has 1 N–H and O–H groups in total. The van der Waals surface area contributed by atoms with Gasteiger partial charge in [-0.2, -0.15) is 0 Å². The summed E-state index contributed by atoms with van der Waals surface area (Å²) in [5, 5.41) is 3.77. The number of nitrogens with zero attached hydrogens (tertiary/aromatic N) is 2. The highest BCUT2D eigenvalue weighted by molar-refractivity contribution is 5.93. The van der Waals surface area contributed by atoms with Gasteiger partial charge in [0.15, 0.2) is 11.5 Å². The average Bonchev–Trinajstić information content (AvgIpc) is 3.12. The van der Waals surface area contributed by atoms with Crippen LogP contribution in [0.4, 0.5) is 10.5 Å². The predicted octanol–water partition coefficient (Wildman–Crippen LogP) is 6.96. The van der Waals surface area contributed by atoms with Gasteiger partial charge in [-0.25, -0.2) is 14.4 Å². The molecule has 266 valence electrons. The van der Waals surface area contributed by atoms with Crippen molar-refractivity contribution in [3.63, 3.8) is 0 Å². The van der Waals surface area contributed by atoms with Crippen LogP contribution in [0, 0.1) is 6.92 Å². The number of aryl methyl sites for hydroxylation is 1. The Hall–Kier alpha value is -4.25. The van der Waals surface area contributed by atoms with Crippen molar-refractivity contribution in [1.29, 1.82) is 0 Å². The predicted molar refractivity (Wildman–Crippen MR) is 189 cm³/mol. The van der Waals surface area contributed by atoms with Crippen molar-refractivity contribution in [2.24, 2.45) is 0 Å². The van der Waals surface area contributed by atoms with Crippen LogP contribution in [-0.4, -0.2) is 81.0 Å². The molecule has 2 fully saturated rings. The number of hydrogen-bond acceptors (Lipinski definition) is 9. The number of fused-ring (bicyclic) bond motifs is 1. The minimum absolute atomic E-state index is 0.138. The molecule has 3 atom stereocenters. The number of carbonyl (C=O) groups excluding carboxylic acids is 2. The molecule has 2 amide bonds. The van der Waals surface area contributed by atoms with Crippen molar-refractivity contribution >= 4 is 28.7 Å². The highest BCUT2D eigenvalue weighted by Gasteiger charge is 2.29. The van der Waals surface area contributed by atoms with E-state index in [1.165, 1.54) is 21.3 Å². The second-order valence-corrected chi connectivity index (χ2v) is 13.1. The number of likely N-dealkylation sites (tertiary alicyclic amines) is 2. The first-order valence-electron chi connectivity index (χ1n) is 17.6. The van der Waals surface area contributed by atoms with Gasteiger partial charge in [-0.1, -0.05) is 20.3 Å². The molecule has 1 aromatic heterocycles. The number of amides is 2. The van der Waals surface area contributed by atoms with Gasteiger partial charge in [-0.05, 0) is 88.2 Å². The van der Waals surface area contributed by atoms with Crippen LogP contribution in [-0.2, 0) is 11.2 Å². The third-order valence-electron chi connectivity index (χ3n) is 10.2. The molecule has 2 aliphatic heterocycles. The van der Waals surface area contributed by atoms with Crippen LogP contribution in [0.3, 0.4) is 0 Å². The molecule has 0 radical (unpaired) electrons. The van der Waals surface area contributed by atoms with Crippen LogP contribution in [0.1, 0.15) is 86.7 Å². The smallest absolute Gasteiger partial charge is 0.339 e. The van der Waals surface area contributed by atoms with E-state index in [4.69, 9.17) is 23.4 Å². The summed E-state index contributed by atoms with van der Waals surface area (Å²) in [6.45, 7) is 8.28. The number of piperidine rings is 2. The maximum atomic E-state index is 13.7. The monoisotopic (exact) mass is 677 g/mol. The maximum Gasteiger partial charge on any atom is 0.339 e. The molecule has 3 heterocycles. The zero-order valence-electron chi connectivity index (χ0n) is 29.8. The van der Waals surface area contributed by atoms with Gasteiger partial charge in [-0.3, -0.25) is 4.90 Å². The first kappa shape index (κ1) is 36.0. The summed E-state index contributed by atoms with van der Waals surface area (Å²) in [6.07, 6.45) is 7.89. The molecular weight excluding hydrogens is 626 g/mol. The summed E-state index contributed by atoms with van der Waals surface area (Å²) in [5.41, 5.74) is 1.93. The van der Waals surface area contributed by atoms with Gasteiger partial charge in [0.2, 0.25) is 5.75 Å². The van der Waals surface area contributed by atoms with Crippen molar-refractivity contribution in [3.8, 4) is 17.2 Å². The average molecular weight is 678 g/mol. The molecular formula is C38H51N3O8. The summed E-state index contributed by atoms with van der Waals surface area (Å²) < 4.78 is 28.4. The minimum atomic E-state index is -0.632. The number of methoxy groups -OCH3 is 3. The number of rotatable bonds is 12. The second-order valence-electron chi connectivity index (χ2n) is 13.1. The number of hydrogen-bond donors (Lipinski definition) is 1. The van der Waals surface area contributed by atoms with Crippen LogP contribution < -0.4 is 25.2 Å². The lowest BCUT2D eigenvalue weighted by Crippen LogP contribution is -2.45. The van der Waals surface area contributed by atoms with Crippen LogP contribution in [0.2, 0.25) is 0 Å². The van der Waals surface area contributed by atoms with Crippen molar-refractivity contribution in [1.82, 2.24) is 9.80 Å². The Morgan fingerprint density at radius 2 is 1.59 bits per heavy atom. The van der Waals surface area contributed by atoms with E-state index in [1.807, 2.05) is 24.0 Å². The molecule has 5 rings (SSSR count). The van der Waals surface area contributed by atoms with E-state index < -0.39 is 17.7 Å². The van der Waals surface area contributed by atoms with Gasteiger partial charge >= 0.3 is 17.6 Å². The highest BCUT2D eigenvalue weighted by atomic mass is 16.5. The van der Waals surface area contributed by atoms with E-state index in [0.29, 0.717) is 46.7 Å². The normalized spacial score (nSPS) is 18.9. The summed E-state index contributed by atoms with van der Waals surface area (Å²) in [5.74, 6) is 0.503. The van der Waals surface area contributed by atoms with Gasteiger partial charge in [0, 0.05) is 54.3 Å². The van der Waals surface area contributed by atoms with Crippen LogP contribution in [0.15, 0.2) is 39.5 Å². The SMILES string of the molecule is CCC1CCCCN1CC(Cc1c(C)c2ccc(NC(=O)N3CCCCC3CC)cc2oc1=O)OC(=O)c1cc(OC)c(OC)c(OC)c1. The van der Waals surface area contributed by atoms with Gasteiger partial charge in [0.05, 0.1) is 26.9 Å². The quantitative estimate of drug-likeness (QED) is 0.160. The Morgan fingerprint density at radius 3 is 2.24 bits per heavy atom. The van der Waals surface area contributed by atoms with Crippen molar-refractivity contribution < 1.29 is 33.0 Å². The fourth-order valence-corrected chi connectivity index (χ4v) is 7.41. The Bertz CT molecular complexity index is 1660. The number of esters is 1. The van der Waals surface area contributed by atoms with E-state index in [-0.39, 0.29) is 24.1 Å². The van der Waals surface area contributed by atoms with E-state index in [9.17, 15) is 14.4 Å². The van der Waals surface area contributed by atoms with Crippen molar-refractivity contribution in [2.45, 2.75) is 96.7 Å². The number of anilines is 1. The largest absolute Gasteiger partial charge is 0.493 e. The van der Waals surface area contributed by atoms with Gasteiger partial charge in [-0.15, -0.1) is 0 Å². The molecule has 11 nitrogen and oxygen atoms in total. The van der Waals surface area contributed by atoms with Crippen LogP contribution in [0.25, 0.3) is 11.0 Å². The molecule has 0 aliphatic carbocycles. The summed E-state index contributed by atoms with van der Waals surface area (Å²) in [4.78, 5) is 44.7. The number of ether oxygens (including phenoxy) is 4. The van der Waals surface area contributed by atoms with Crippen LogP contribution in [0.5, 0.6) is 17.2 Å².